The van der Waals surface area contributed by atoms with Crippen LogP contribution >= 0.6 is 15.9 Å². The predicted molar refractivity (Wildman–Crippen MR) is 62.7 cm³/mol. The molecule has 1 aromatic carbocycles. The van der Waals surface area contributed by atoms with E-state index in [0.717, 1.165) is 12.0 Å². The largest absolute Gasteiger partial charge is 0.481 e. The first-order valence-electron chi connectivity index (χ1n) is 4.90. The molecule has 1 atom stereocenters. The lowest BCUT2D eigenvalue weighted by molar-refractivity contribution is -0.137. The maximum Gasteiger partial charge on any atom is 0.305 e. The molecule has 16 heavy (non-hydrogen) atoms. The van der Waals surface area contributed by atoms with Gasteiger partial charge in [-0.25, -0.2) is 4.39 Å². The van der Waals surface area contributed by atoms with Crippen LogP contribution in [0.2, 0.25) is 0 Å². The molecular weight excluding hydrogens is 277 g/mol. The second-order valence-electron chi connectivity index (χ2n) is 3.54. The summed E-state index contributed by atoms with van der Waals surface area (Å²) in [6, 6.07) is 2.47. The minimum atomic E-state index is -1.04. The van der Waals surface area contributed by atoms with E-state index >= 15 is 0 Å². The maximum absolute atomic E-state index is 13.7. The Labute approximate surface area is 102 Å². The van der Waals surface area contributed by atoms with E-state index < -0.39 is 17.8 Å². The third kappa shape index (κ3) is 3.02. The maximum atomic E-state index is 13.7. The van der Waals surface area contributed by atoms with Gasteiger partial charge in [-0.1, -0.05) is 13.0 Å². The van der Waals surface area contributed by atoms with Gasteiger partial charge in [0.25, 0.3) is 0 Å². The third-order valence-electron chi connectivity index (χ3n) is 2.32. The van der Waals surface area contributed by atoms with Crippen molar-refractivity contribution in [2.75, 3.05) is 0 Å². The fourth-order valence-electron chi connectivity index (χ4n) is 1.44. The molecule has 0 spiro atoms. The van der Waals surface area contributed by atoms with Crippen LogP contribution in [0.15, 0.2) is 16.6 Å². The Balaban J connectivity index is 3.10. The van der Waals surface area contributed by atoms with Gasteiger partial charge in [0.05, 0.1) is 10.9 Å². The third-order valence-corrected chi connectivity index (χ3v) is 2.90. The average Bonchev–Trinajstić information content (AvgIpc) is 2.20. The summed E-state index contributed by atoms with van der Waals surface area (Å²) >= 11 is 3.09. The number of nitrogens with two attached hydrogens (primary N) is 1. The van der Waals surface area contributed by atoms with Crippen LogP contribution in [0, 0.1) is 5.82 Å². The van der Waals surface area contributed by atoms with Crippen LogP contribution < -0.4 is 5.73 Å². The Morgan fingerprint density at radius 2 is 2.25 bits per heavy atom. The first-order valence-corrected chi connectivity index (χ1v) is 5.70. The van der Waals surface area contributed by atoms with Crippen LogP contribution in [0.4, 0.5) is 4.39 Å². The Hall–Kier alpha value is -0.940. The fraction of sp³-hybridized carbons (Fsp3) is 0.364. The van der Waals surface area contributed by atoms with Crippen molar-refractivity contribution in [1.29, 1.82) is 0 Å². The number of hydrogen-bond donors (Lipinski definition) is 2. The van der Waals surface area contributed by atoms with Crippen molar-refractivity contribution < 1.29 is 14.3 Å². The summed E-state index contributed by atoms with van der Waals surface area (Å²) < 4.78 is 14.0. The standard InChI is InChI=1S/C11H13BrFNO2/c1-2-6-3-7(9(14)5-10(15)16)11(13)8(12)4-6/h3-4,9H,2,5,14H2,1H3,(H,15,16). The SMILES string of the molecule is CCc1cc(Br)c(F)c(C(N)CC(=O)O)c1. The highest BCUT2D eigenvalue weighted by atomic mass is 79.9. The monoisotopic (exact) mass is 289 g/mol. The summed E-state index contributed by atoms with van der Waals surface area (Å²) in [5.41, 5.74) is 6.81. The molecule has 88 valence electrons. The second-order valence-corrected chi connectivity index (χ2v) is 4.39. The van der Waals surface area contributed by atoms with Crippen molar-refractivity contribution in [3.63, 3.8) is 0 Å². The molecule has 0 radical (unpaired) electrons. The summed E-state index contributed by atoms with van der Waals surface area (Å²) in [7, 11) is 0. The minimum absolute atomic E-state index is 0.244. The van der Waals surface area contributed by atoms with Crippen LogP contribution in [0.3, 0.4) is 0 Å². The highest BCUT2D eigenvalue weighted by Crippen LogP contribution is 2.26. The second kappa shape index (κ2) is 5.41. The lowest BCUT2D eigenvalue weighted by atomic mass is 10.0. The topological polar surface area (TPSA) is 63.3 Å². The number of aryl methyl sites for hydroxylation is 1. The number of carboxylic acid groups (broad SMARTS) is 1. The van der Waals surface area contributed by atoms with E-state index in [1.165, 1.54) is 0 Å². The Morgan fingerprint density at radius 3 is 2.75 bits per heavy atom. The average molecular weight is 290 g/mol. The van der Waals surface area contributed by atoms with Gasteiger partial charge >= 0.3 is 5.97 Å². The molecule has 0 aromatic heterocycles. The van der Waals surface area contributed by atoms with Gasteiger partial charge in [-0.15, -0.1) is 0 Å². The van der Waals surface area contributed by atoms with E-state index in [9.17, 15) is 9.18 Å². The van der Waals surface area contributed by atoms with Gasteiger partial charge < -0.3 is 10.8 Å². The zero-order valence-electron chi connectivity index (χ0n) is 8.84. The molecule has 0 saturated carbocycles. The van der Waals surface area contributed by atoms with E-state index in [4.69, 9.17) is 10.8 Å². The fourth-order valence-corrected chi connectivity index (χ4v) is 1.96. The van der Waals surface area contributed by atoms with Crippen LogP contribution in [0.25, 0.3) is 0 Å². The van der Waals surface area contributed by atoms with Crippen LogP contribution in [0.1, 0.15) is 30.5 Å². The van der Waals surface area contributed by atoms with Gasteiger partial charge in [0.15, 0.2) is 0 Å². The molecule has 3 N–H and O–H groups in total. The predicted octanol–water partition coefficient (Wildman–Crippen LogP) is 2.63. The molecule has 5 heteroatoms. The highest BCUT2D eigenvalue weighted by molar-refractivity contribution is 9.10. The number of rotatable bonds is 4. The van der Waals surface area contributed by atoms with Gasteiger partial charge in [-0.3, -0.25) is 4.79 Å². The number of carboxylic acids is 1. The van der Waals surface area contributed by atoms with Crippen molar-refractivity contribution in [2.24, 2.45) is 5.73 Å². The molecule has 1 rings (SSSR count). The normalized spacial score (nSPS) is 12.5. The summed E-state index contributed by atoms with van der Waals surface area (Å²) in [6.07, 6.45) is 0.461. The molecule has 3 nitrogen and oxygen atoms in total. The zero-order valence-corrected chi connectivity index (χ0v) is 10.4. The van der Waals surface area contributed by atoms with Crippen molar-refractivity contribution in [1.82, 2.24) is 0 Å². The Morgan fingerprint density at radius 1 is 1.62 bits per heavy atom. The van der Waals surface area contributed by atoms with E-state index in [-0.39, 0.29) is 12.0 Å². The molecule has 0 bridgehead atoms. The Kier molecular flexibility index (Phi) is 4.44. The van der Waals surface area contributed by atoms with Gasteiger partial charge in [-0.2, -0.15) is 0 Å². The van der Waals surface area contributed by atoms with E-state index in [2.05, 4.69) is 15.9 Å². The van der Waals surface area contributed by atoms with Crippen molar-refractivity contribution in [2.45, 2.75) is 25.8 Å². The zero-order chi connectivity index (χ0) is 12.3. The Bertz CT molecular complexity index is 409. The van der Waals surface area contributed by atoms with Crippen molar-refractivity contribution in [3.8, 4) is 0 Å². The summed E-state index contributed by atoms with van der Waals surface area (Å²) in [4.78, 5) is 10.5. The minimum Gasteiger partial charge on any atom is -0.481 e. The van der Waals surface area contributed by atoms with Gasteiger partial charge in [0, 0.05) is 11.6 Å². The smallest absolute Gasteiger partial charge is 0.305 e. The summed E-state index contributed by atoms with van der Waals surface area (Å²) in [5, 5.41) is 8.62. The number of hydrogen-bond acceptors (Lipinski definition) is 2. The number of halogens is 2. The van der Waals surface area contributed by atoms with Crippen molar-refractivity contribution >= 4 is 21.9 Å². The van der Waals surface area contributed by atoms with Gasteiger partial charge in [-0.05, 0) is 34.0 Å². The quantitative estimate of drug-likeness (QED) is 0.896. The molecule has 0 aliphatic carbocycles. The lowest BCUT2D eigenvalue weighted by Gasteiger charge is -2.13. The number of benzene rings is 1. The summed E-state index contributed by atoms with van der Waals surface area (Å²) in [5.74, 6) is -1.52. The lowest BCUT2D eigenvalue weighted by Crippen LogP contribution is -2.17. The first-order chi connectivity index (χ1) is 7.45. The van der Waals surface area contributed by atoms with Crippen LogP contribution in [-0.4, -0.2) is 11.1 Å². The molecule has 1 unspecified atom stereocenters. The molecule has 0 amide bonds. The van der Waals surface area contributed by atoms with Crippen LogP contribution in [-0.2, 0) is 11.2 Å². The van der Waals surface area contributed by atoms with E-state index in [1.54, 1.807) is 12.1 Å². The summed E-state index contributed by atoms with van der Waals surface area (Å²) in [6.45, 7) is 1.94. The van der Waals surface area contributed by atoms with E-state index in [1.807, 2.05) is 6.92 Å². The van der Waals surface area contributed by atoms with Crippen molar-refractivity contribution in [3.05, 3.63) is 33.5 Å². The molecule has 0 saturated heterocycles. The van der Waals surface area contributed by atoms with E-state index in [0.29, 0.717) is 4.47 Å². The number of carbonyl (C=O) groups is 1. The molecular formula is C11H13BrFNO2. The molecule has 0 fully saturated rings. The number of aliphatic carboxylic acids is 1. The highest BCUT2D eigenvalue weighted by Gasteiger charge is 2.17. The molecule has 0 aliphatic heterocycles. The van der Waals surface area contributed by atoms with Crippen LogP contribution in [0.5, 0.6) is 0 Å². The first kappa shape index (κ1) is 13.1. The molecule has 0 aliphatic rings. The molecule has 0 heterocycles. The van der Waals surface area contributed by atoms with Gasteiger partial charge in [0.2, 0.25) is 0 Å². The molecule has 1 aromatic rings. The van der Waals surface area contributed by atoms with Gasteiger partial charge in [0.1, 0.15) is 5.82 Å².